The number of nitrogens with one attached hydrogen (secondary N) is 1. The predicted octanol–water partition coefficient (Wildman–Crippen LogP) is 2.58. The molecule has 0 saturated carbocycles. The first-order valence-electron chi connectivity index (χ1n) is 8.76. The number of hydrogen-bond acceptors (Lipinski definition) is 4. The SMILES string of the molecule is [2H]C([2H])([2H])N=S1(=O)C[C@@](C)(c2cc(C#C)ccc2F)N=C(NC(=O)O)C1(C)C. The number of nitrogens with zero attached hydrogens (tertiary/aromatic N) is 2. The summed E-state index contributed by atoms with van der Waals surface area (Å²) in [7, 11) is -3.63. The van der Waals surface area contributed by atoms with E-state index in [-0.39, 0.29) is 11.4 Å². The molecule has 1 amide bonds. The normalized spacial score (nSPS) is 30.0. The average molecular weight is 368 g/mol. The molecular formula is C17H20FN3O3S. The van der Waals surface area contributed by atoms with Gasteiger partial charge in [-0.15, -0.1) is 6.42 Å². The van der Waals surface area contributed by atoms with Crippen LogP contribution in [0.1, 0.15) is 36.0 Å². The highest BCUT2D eigenvalue weighted by molar-refractivity contribution is 7.95. The van der Waals surface area contributed by atoms with Crippen LogP contribution < -0.4 is 5.32 Å². The van der Waals surface area contributed by atoms with Gasteiger partial charge in [0.1, 0.15) is 21.9 Å². The summed E-state index contributed by atoms with van der Waals surface area (Å²) >= 11 is 0. The van der Waals surface area contributed by atoms with Crippen LogP contribution in [0.5, 0.6) is 0 Å². The molecule has 1 aromatic carbocycles. The summed E-state index contributed by atoms with van der Waals surface area (Å²) in [5, 5.41) is 11.2. The zero-order chi connectivity index (χ0) is 21.5. The van der Waals surface area contributed by atoms with Crippen molar-refractivity contribution in [1.82, 2.24) is 5.32 Å². The van der Waals surface area contributed by atoms with Crippen molar-refractivity contribution in [1.29, 1.82) is 0 Å². The van der Waals surface area contributed by atoms with Crippen LogP contribution in [0.2, 0.25) is 0 Å². The number of terminal acetylenes is 1. The molecule has 0 saturated heterocycles. The molecule has 0 bridgehead atoms. The zero-order valence-electron chi connectivity index (χ0n) is 17.0. The molecule has 0 radical (unpaired) electrons. The smallest absolute Gasteiger partial charge is 0.410 e. The fourth-order valence-corrected chi connectivity index (χ4v) is 4.75. The van der Waals surface area contributed by atoms with Crippen molar-refractivity contribution < 1.29 is 22.6 Å². The minimum atomic E-state index is -3.63. The first-order valence-corrected chi connectivity index (χ1v) is 8.94. The Labute approximate surface area is 150 Å². The molecule has 6 nitrogen and oxygen atoms in total. The van der Waals surface area contributed by atoms with E-state index in [1.807, 2.05) is 0 Å². The number of aliphatic imine (C=N–C) groups is 1. The lowest BCUT2D eigenvalue weighted by Crippen LogP contribution is -2.57. The van der Waals surface area contributed by atoms with Gasteiger partial charge in [-0.3, -0.25) is 10.3 Å². The monoisotopic (exact) mass is 368 g/mol. The zero-order valence-corrected chi connectivity index (χ0v) is 14.8. The van der Waals surface area contributed by atoms with Crippen molar-refractivity contribution in [2.75, 3.05) is 12.7 Å². The minimum Gasteiger partial charge on any atom is -0.465 e. The molecule has 8 heteroatoms. The topological polar surface area (TPSA) is 91.1 Å². The second-order valence-corrected chi connectivity index (χ2v) is 9.16. The minimum absolute atomic E-state index is 0.0309. The second kappa shape index (κ2) is 6.15. The first-order chi connectivity index (χ1) is 12.6. The lowest BCUT2D eigenvalue weighted by molar-refractivity contribution is 0.199. The van der Waals surface area contributed by atoms with Gasteiger partial charge >= 0.3 is 6.09 Å². The van der Waals surface area contributed by atoms with E-state index in [0.717, 1.165) is 6.07 Å². The molecule has 2 N–H and O–H groups in total. The van der Waals surface area contributed by atoms with Crippen LogP contribution in [0.4, 0.5) is 9.18 Å². The highest BCUT2D eigenvalue weighted by Crippen LogP contribution is 2.39. The van der Waals surface area contributed by atoms with E-state index in [9.17, 15) is 13.4 Å². The Bertz CT molecular complexity index is 1020. The third-order valence-electron chi connectivity index (χ3n) is 4.29. The molecule has 1 aliphatic rings. The summed E-state index contributed by atoms with van der Waals surface area (Å²) < 4.78 is 52.6. The lowest BCUT2D eigenvalue weighted by Gasteiger charge is -2.41. The summed E-state index contributed by atoms with van der Waals surface area (Å²) in [6, 6.07) is 3.84. The van der Waals surface area contributed by atoms with E-state index < -0.39 is 44.7 Å². The van der Waals surface area contributed by atoms with Crippen LogP contribution in [0.25, 0.3) is 0 Å². The van der Waals surface area contributed by atoms with Crippen LogP contribution in [0.15, 0.2) is 27.6 Å². The van der Waals surface area contributed by atoms with Gasteiger partial charge in [0.2, 0.25) is 0 Å². The maximum absolute atomic E-state index is 14.6. The number of benzene rings is 1. The molecule has 0 aromatic heterocycles. The summed E-state index contributed by atoms with van der Waals surface area (Å²) in [5.41, 5.74) is -1.25. The van der Waals surface area contributed by atoms with Crippen LogP contribution in [0.3, 0.4) is 0 Å². The van der Waals surface area contributed by atoms with E-state index in [1.165, 1.54) is 32.9 Å². The fraction of sp³-hybridized carbons (Fsp3) is 0.412. The first kappa shape index (κ1) is 14.9. The third-order valence-corrected chi connectivity index (χ3v) is 7.33. The van der Waals surface area contributed by atoms with Crippen LogP contribution in [-0.2, 0) is 15.3 Å². The fourth-order valence-electron chi connectivity index (χ4n) is 2.72. The Morgan fingerprint density at radius 2 is 2.24 bits per heavy atom. The molecule has 2 rings (SSSR count). The van der Waals surface area contributed by atoms with Crippen molar-refractivity contribution in [2.45, 2.75) is 31.1 Å². The number of halogens is 1. The molecular weight excluding hydrogens is 345 g/mol. The van der Waals surface area contributed by atoms with Gasteiger partial charge in [0.15, 0.2) is 0 Å². The van der Waals surface area contributed by atoms with Crippen molar-refractivity contribution in [3.05, 3.63) is 35.1 Å². The molecule has 0 spiro atoms. The maximum Gasteiger partial charge on any atom is 0.410 e. The summed E-state index contributed by atoms with van der Waals surface area (Å²) in [6.45, 7) is 1.29. The van der Waals surface area contributed by atoms with E-state index in [0.29, 0.717) is 5.56 Å². The van der Waals surface area contributed by atoms with Crippen molar-refractivity contribution >= 4 is 21.7 Å². The maximum atomic E-state index is 14.6. The molecule has 1 aromatic rings. The number of amidine groups is 1. The molecule has 25 heavy (non-hydrogen) atoms. The van der Waals surface area contributed by atoms with E-state index in [4.69, 9.17) is 15.6 Å². The Hall–Kier alpha value is -2.40. The van der Waals surface area contributed by atoms with Crippen molar-refractivity contribution in [2.24, 2.45) is 9.36 Å². The molecule has 1 heterocycles. The number of hydrogen-bond donors (Lipinski definition) is 2. The molecule has 134 valence electrons. The van der Waals surface area contributed by atoms with Gasteiger partial charge in [0.05, 0.1) is 15.5 Å². The third kappa shape index (κ3) is 3.12. The Balaban J connectivity index is 2.86. The standard InChI is InChI=1S/C17H20FN3O3S/c1-6-11-7-8-13(18)12(9-11)17(4)10-25(24,19-5)16(2,3)14(21-17)20-15(22)23/h1,7-9H,10H2,2-5H3,(H,20,21)(H,22,23)/t17-,25?/m0/s1/i5D3. The second-order valence-electron chi connectivity index (χ2n) is 6.39. The number of amides is 1. The highest BCUT2D eigenvalue weighted by Gasteiger charge is 2.49. The van der Waals surface area contributed by atoms with Gasteiger partial charge in [-0.2, -0.15) is 0 Å². The summed E-state index contributed by atoms with van der Waals surface area (Å²) in [6.07, 6.45) is 3.88. The number of carbonyl (C=O) groups is 1. The van der Waals surface area contributed by atoms with Gasteiger partial charge in [-0.25, -0.2) is 17.8 Å². The molecule has 2 atom stereocenters. The lowest BCUT2D eigenvalue weighted by atomic mass is 9.92. The molecule has 0 fully saturated rings. The van der Waals surface area contributed by atoms with Gasteiger partial charge in [0, 0.05) is 22.2 Å². The van der Waals surface area contributed by atoms with Gasteiger partial charge in [0.25, 0.3) is 0 Å². The van der Waals surface area contributed by atoms with Crippen LogP contribution >= 0.6 is 0 Å². The quantitative estimate of drug-likeness (QED) is 0.747. The molecule has 1 aliphatic heterocycles. The predicted molar refractivity (Wildman–Crippen MR) is 95.7 cm³/mol. The largest absolute Gasteiger partial charge is 0.465 e. The van der Waals surface area contributed by atoms with Crippen LogP contribution in [0, 0.1) is 18.2 Å². The summed E-state index contributed by atoms with van der Waals surface area (Å²) in [4.78, 5) is 15.6. The van der Waals surface area contributed by atoms with Gasteiger partial charge in [-0.1, -0.05) is 5.92 Å². The van der Waals surface area contributed by atoms with E-state index in [2.05, 4.69) is 20.6 Å². The Morgan fingerprint density at radius 3 is 2.80 bits per heavy atom. The van der Waals surface area contributed by atoms with Gasteiger partial charge in [-0.05, 0) is 39.0 Å². The number of carboxylic acid groups (broad SMARTS) is 1. The highest BCUT2D eigenvalue weighted by atomic mass is 32.2. The van der Waals surface area contributed by atoms with Crippen LogP contribution in [-0.4, -0.2) is 38.7 Å². The molecule has 0 aliphatic carbocycles. The Kier molecular flexibility index (Phi) is 3.67. The van der Waals surface area contributed by atoms with E-state index in [1.54, 1.807) is 0 Å². The number of rotatable bonds is 1. The Morgan fingerprint density at radius 1 is 1.56 bits per heavy atom. The van der Waals surface area contributed by atoms with Crippen molar-refractivity contribution in [3.63, 3.8) is 0 Å². The average Bonchev–Trinajstić information content (AvgIpc) is 2.51. The molecule has 1 unspecified atom stereocenters. The van der Waals surface area contributed by atoms with E-state index >= 15 is 0 Å². The van der Waals surface area contributed by atoms with Crippen molar-refractivity contribution in [3.8, 4) is 12.3 Å². The summed E-state index contributed by atoms with van der Waals surface area (Å²) in [5.74, 6) is 0.965. The van der Waals surface area contributed by atoms with Gasteiger partial charge < -0.3 is 5.11 Å².